The van der Waals surface area contributed by atoms with Gasteiger partial charge in [0.15, 0.2) is 0 Å². The van der Waals surface area contributed by atoms with Crippen LogP contribution in [0.5, 0.6) is 5.75 Å². The fourth-order valence-corrected chi connectivity index (χ4v) is 2.66. The maximum Gasteiger partial charge on any atom is 0.238 e. The van der Waals surface area contributed by atoms with E-state index in [0.29, 0.717) is 11.3 Å². The Morgan fingerprint density at radius 1 is 1.17 bits per heavy atom. The smallest absolute Gasteiger partial charge is 0.238 e. The first-order valence-corrected chi connectivity index (χ1v) is 8.40. The minimum atomic E-state index is -3.72. The average Bonchev–Trinajstić information content (AvgIpc) is 2.47. The molecule has 0 unspecified atom stereocenters. The number of ether oxygens (including phenoxy) is 1. The van der Waals surface area contributed by atoms with Crippen LogP contribution in [0.25, 0.3) is 0 Å². The van der Waals surface area contributed by atoms with Crippen LogP contribution >= 0.6 is 0 Å². The fourth-order valence-electron chi connectivity index (χ4n) is 2.14. The van der Waals surface area contributed by atoms with Gasteiger partial charge in [-0.1, -0.05) is 12.1 Å². The number of sulfonamides is 1. The van der Waals surface area contributed by atoms with Crippen molar-refractivity contribution in [2.45, 2.75) is 18.2 Å². The zero-order valence-corrected chi connectivity index (χ0v) is 13.7. The molecule has 0 bridgehead atoms. The molecule has 0 fully saturated rings. The molecule has 0 saturated heterocycles. The van der Waals surface area contributed by atoms with Crippen LogP contribution in [0.1, 0.15) is 11.1 Å². The number of amides is 1. The zero-order chi connectivity index (χ0) is 17.0. The van der Waals surface area contributed by atoms with E-state index < -0.39 is 10.0 Å². The van der Waals surface area contributed by atoms with Crippen molar-refractivity contribution in [2.75, 3.05) is 12.4 Å². The van der Waals surface area contributed by atoms with Crippen molar-refractivity contribution in [3.63, 3.8) is 0 Å². The Bertz CT molecular complexity index is 814. The second-order valence-electron chi connectivity index (χ2n) is 5.10. The molecule has 2 aromatic carbocycles. The van der Waals surface area contributed by atoms with Gasteiger partial charge in [-0.05, 0) is 48.4 Å². The summed E-state index contributed by atoms with van der Waals surface area (Å²) >= 11 is 0. The highest BCUT2D eigenvalue weighted by atomic mass is 32.2. The quantitative estimate of drug-likeness (QED) is 0.871. The van der Waals surface area contributed by atoms with Crippen LogP contribution in [-0.4, -0.2) is 21.4 Å². The Morgan fingerprint density at radius 2 is 1.83 bits per heavy atom. The number of carbonyl (C=O) groups is 1. The maximum absolute atomic E-state index is 12.0. The molecule has 0 atom stereocenters. The predicted octanol–water partition coefficient (Wildman–Crippen LogP) is 1.83. The summed E-state index contributed by atoms with van der Waals surface area (Å²) in [6, 6.07) is 11.3. The Hall–Kier alpha value is -2.38. The van der Waals surface area contributed by atoms with Gasteiger partial charge in [0.05, 0.1) is 18.4 Å². The molecule has 1 amide bonds. The van der Waals surface area contributed by atoms with Crippen molar-refractivity contribution < 1.29 is 17.9 Å². The van der Waals surface area contributed by atoms with Crippen LogP contribution in [0.2, 0.25) is 0 Å². The third-order valence-corrected chi connectivity index (χ3v) is 4.22. The first kappa shape index (κ1) is 17.0. The minimum Gasteiger partial charge on any atom is -0.496 e. The van der Waals surface area contributed by atoms with E-state index in [1.807, 2.05) is 13.0 Å². The molecule has 0 saturated carbocycles. The third-order valence-electron chi connectivity index (χ3n) is 3.30. The Balaban J connectivity index is 2.03. The van der Waals surface area contributed by atoms with Crippen LogP contribution in [0.4, 0.5) is 5.69 Å². The van der Waals surface area contributed by atoms with E-state index in [9.17, 15) is 13.2 Å². The second-order valence-corrected chi connectivity index (χ2v) is 6.66. The molecule has 23 heavy (non-hydrogen) atoms. The van der Waals surface area contributed by atoms with Crippen molar-refractivity contribution >= 4 is 21.6 Å². The van der Waals surface area contributed by atoms with Crippen LogP contribution in [0.3, 0.4) is 0 Å². The van der Waals surface area contributed by atoms with E-state index in [4.69, 9.17) is 9.88 Å². The standard InChI is InChI=1S/C16H18N2O4S/c1-11-9-13(5-8-15(11)22-2)18-16(19)10-12-3-6-14(7-4-12)23(17,20)21/h3-9H,10H2,1-2H3,(H,18,19)(H2,17,20,21). The number of primary sulfonamides is 1. The highest BCUT2D eigenvalue weighted by Crippen LogP contribution is 2.21. The molecule has 2 aromatic rings. The molecule has 2 rings (SSSR count). The summed E-state index contributed by atoms with van der Waals surface area (Å²) in [7, 11) is -2.13. The number of rotatable bonds is 5. The largest absolute Gasteiger partial charge is 0.496 e. The highest BCUT2D eigenvalue weighted by molar-refractivity contribution is 7.89. The van der Waals surface area contributed by atoms with Gasteiger partial charge in [-0.2, -0.15) is 0 Å². The second kappa shape index (κ2) is 6.80. The Labute approximate surface area is 135 Å². The molecule has 0 radical (unpaired) electrons. The number of benzene rings is 2. The Morgan fingerprint density at radius 3 is 2.35 bits per heavy atom. The summed E-state index contributed by atoms with van der Waals surface area (Å²) in [5.74, 6) is 0.555. The summed E-state index contributed by atoms with van der Waals surface area (Å²) in [4.78, 5) is 12.1. The van der Waals surface area contributed by atoms with E-state index in [1.54, 1.807) is 31.4 Å². The molecule has 122 valence electrons. The molecule has 3 N–H and O–H groups in total. The highest BCUT2D eigenvalue weighted by Gasteiger charge is 2.09. The molecule has 0 aliphatic rings. The molecule has 0 heterocycles. The fraction of sp³-hybridized carbons (Fsp3) is 0.188. The van der Waals surface area contributed by atoms with Crippen LogP contribution in [-0.2, 0) is 21.2 Å². The number of anilines is 1. The number of methoxy groups -OCH3 is 1. The lowest BCUT2D eigenvalue weighted by atomic mass is 10.1. The van der Waals surface area contributed by atoms with Gasteiger partial charge < -0.3 is 10.1 Å². The Kier molecular flexibility index (Phi) is 5.02. The van der Waals surface area contributed by atoms with Crippen molar-refractivity contribution in [3.05, 3.63) is 53.6 Å². The normalized spacial score (nSPS) is 11.1. The number of nitrogens with one attached hydrogen (secondary N) is 1. The molecular formula is C16H18N2O4S. The van der Waals surface area contributed by atoms with Gasteiger partial charge in [0, 0.05) is 5.69 Å². The van der Waals surface area contributed by atoms with Crippen LogP contribution < -0.4 is 15.2 Å². The van der Waals surface area contributed by atoms with Crippen molar-refractivity contribution in [1.29, 1.82) is 0 Å². The number of hydrogen-bond acceptors (Lipinski definition) is 4. The van der Waals surface area contributed by atoms with E-state index in [2.05, 4.69) is 5.32 Å². The van der Waals surface area contributed by atoms with Gasteiger partial charge in [-0.15, -0.1) is 0 Å². The monoisotopic (exact) mass is 334 g/mol. The first-order chi connectivity index (χ1) is 10.8. The van der Waals surface area contributed by atoms with Crippen molar-refractivity contribution in [3.8, 4) is 5.75 Å². The molecule has 0 aromatic heterocycles. The van der Waals surface area contributed by atoms with Gasteiger partial charge >= 0.3 is 0 Å². The molecule has 0 aliphatic carbocycles. The van der Waals surface area contributed by atoms with Crippen LogP contribution in [0, 0.1) is 6.92 Å². The molecule has 7 heteroatoms. The number of aryl methyl sites for hydroxylation is 1. The van der Waals surface area contributed by atoms with E-state index in [1.165, 1.54) is 12.1 Å². The average molecular weight is 334 g/mol. The summed E-state index contributed by atoms with van der Waals surface area (Å²) in [6.45, 7) is 1.89. The van der Waals surface area contributed by atoms with Crippen molar-refractivity contribution in [1.82, 2.24) is 0 Å². The van der Waals surface area contributed by atoms with Gasteiger partial charge in [0.25, 0.3) is 0 Å². The maximum atomic E-state index is 12.0. The topological polar surface area (TPSA) is 98.5 Å². The van der Waals surface area contributed by atoms with Gasteiger partial charge in [0.1, 0.15) is 5.75 Å². The molecule has 0 aliphatic heterocycles. The van der Waals surface area contributed by atoms with Gasteiger partial charge in [-0.3, -0.25) is 4.79 Å². The SMILES string of the molecule is COc1ccc(NC(=O)Cc2ccc(S(N)(=O)=O)cc2)cc1C. The van der Waals surface area contributed by atoms with E-state index in [0.717, 1.165) is 11.3 Å². The number of nitrogens with two attached hydrogens (primary N) is 1. The van der Waals surface area contributed by atoms with E-state index in [-0.39, 0.29) is 17.2 Å². The van der Waals surface area contributed by atoms with Crippen LogP contribution in [0.15, 0.2) is 47.4 Å². The summed E-state index contributed by atoms with van der Waals surface area (Å²) in [5, 5.41) is 7.82. The zero-order valence-electron chi connectivity index (χ0n) is 12.9. The number of hydrogen-bond donors (Lipinski definition) is 2. The molecular weight excluding hydrogens is 316 g/mol. The lowest BCUT2D eigenvalue weighted by Gasteiger charge is -2.09. The summed E-state index contributed by atoms with van der Waals surface area (Å²) in [5.41, 5.74) is 2.29. The molecule has 6 nitrogen and oxygen atoms in total. The lowest BCUT2D eigenvalue weighted by molar-refractivity contribution is -0.115. The summed E-state index contributed by atoms with van der Waals surface area (Å²) in [6.07, 6.45) is 0.135. The number of carbonyl (C=O) groups excluding carboxylic acids is 1. The van der Waals surface area contributed by atoms with Gasteiger partial charge in [0.2, 0.25) is 15.9 Å². The van der Waals surface area contributed by atoms with E-state index >= 15 is 0 Å². The third kappa shape index (κ3) is 4.54. The first-order valence-electron chi connectivity index (χ1n) is 6.86. The van der Waals surface area contributed by atoms with Crippen molar-refractivity contribution in [2.24, 2.45) is 5.14 Å². The lowest BCUT2D eigenvalue weighted by Crippen LogP contribution is -2.15. The molecule has 0 spiro atoms. The van der Waals surface area contributed by atoms with Gasteiger partial charge in [-0.25, -0.2) is 13.6 Å². The predicted molar refractivity (Wildman–Crippen MR) is 87.9 cm³/mol. The minimum absolute atomic E-state index is 0.0208. The summed E-state index contributed by atoms with van der Waals surface area (Å²) < 4.78 is 27.5.